The molecule has 0 radical (unpaired) electrons. The number of halogens is 1. The minimum atomic E-state index is -0.145. The van der Waals surface area contributed by atoms with Gasteiger partial charge in [-0.25, -0.2) is 4.68 Å². The van der Waals surface area contributed by atoms with E-state index < -0.39 is 0 Å². The minimum absolute atomic E-state index is 0.120. The Bertz CT molecular complexity index is 839. The number of nitrogens with zero attached hydrogens (tertiary/aromatic N) is 2. The molecule has 1 fully saturated rings. The van der Waals surface area contributed by atoms with Crippen LogP contribution in [0.4, 0.5) is 0 Å². The van der Waals surface area contributed by atoms with Crippen LogP contribution < -0.4 is 10.6 Å². The number of aryl methyl sites for hydroxylation is 1. The number of carbonyl (C=O) groups is 2. The molecule has 1 aromatic heterocycles. The fraction of sp³-hybridized carbons (Fsp3) is 0.476. The highest BCUT2D eigenvalue weighted by Crippen LogP contribution is 2.24. The first-order valence-electron chi connectivity index (χ1n) is 9.85. The van der Waals surface area contributed by atoms with Gasteiger partial charge in [-0.2, -0.15) is 5.10 Å². The van der Waals surface area contributed by atoms with Crippen molar-refractivity contribution in [2.24, 2.45) is 5.92 Å². The van der Waals surface area contributed by atoms with Crippen molar-refractivity contribution < 1.29 is 9.59 Å². The molecule has 2 N–H and O–H groups in total. The first-order chi connectivity index (χ1) is 13.5. The van der Waals surface area contributed by atoms with Gasteiger partial charge < -0.3 is 10.6 Å². The SMILES string of the molecule is Cc1nn(-c2ccc(C(=O)NCCNC(=O)C3CCCCC3)cc2)c(C)c1Br. The first kappa shape index (κ1) is 20.6. The Hall–Kier alpha value is -2.15. The number of amides is 2. The van der Waals surface area contributed by atoms with Crippen LogP contribution in [0.5, 0.6) is 0 Å². The van der Waals surface area contributed by atoms with Gasteiger partial charge in [0.25, 0.3) is 5.91 Å². The van der Waals surface area contributed by atoms with Crippen molar-refractivity contribution in [2.45, 2.75) is 46.0 Å². The second-order valence-electron chi connectivity index (χ2n) is 7.33. The number of nitrogens with one attached hydrogen (secondary N) is 2. The predicted molar refractivity (Wildman–Crippen MR) is 113 cm³/mol. The summed E-state index contributed by atoms with van der Waals surface area (Å²) < 4.78 is 2.84. The van der Waals surface area contributed by atoms with Crippen LogP contribution in [-0.4, -0.2) is 34.7 Å². The molecule has 1 aliphatic rings. The Morgan fingerprint density at radius 1 is 1.07 bits per heavy atom. The van der Waals surface area contributed by atoms with E-state index in [2.05, 4.69) is 31.7 Å². The smallest absolute Gasteiger partial charge is 0.251 e. The molecular formula is C21H27BrN4O2. The largest absolute Gasteiger partial charge is 0.354 e. The Labute approximate surface area is 174 Å². The summed E-state index contributed by atoms with van der Waals surface area (Å²) in [5.74, 6) is 0.119. The maximum atomic E-state index is 12.3. The zero-order chi connectivity index (χ0) is 20.1. The standard InChI is InChI=1S/C21H27BrN4O2/c1-14-19(22)15(2)26(25-14)18-10-8-17(9-11-18)21(28)24-13-12-23-20(27)16-6-4-3-5-7-16/h8-11,16H,3-7,12-13H2,1-2H3,(H,23,27)(H,24,28). The normalized spacial score (nSPS) is 14.7. The van der Waals surface area contributed by atoms with Crippen molar-refractivity contribution in [3.8, 4) is 5.69 Å². The molecule has 150 valence electrons. The molecule has 3 rings (SSSR count). The average Bonchev–Trinajstić information content (AvgIpc) is 2.99. The predicted octanol–water partition coefficient (Wildman–Crippen LogP) is 3.68. The summed E-state index contributed by atoms with van der Waals surface area (Å²) in [6, 6.07) is 7.34. The number of aromatic nitrogens is 2. The summed E-state index contributed by atoms with van der Waals surface area (Å²) in [6.07, 6.45) is 5.47. The third-order valence-corrected chi connectivity index (χ3v) is 6.41. The lowest BCUT2D eigenvalue weighted by Crippen LogP contribution is -2.38. The maximum Gasteiger partial charge on any atom is 0.251 e. The van der Waals surface area contributed by atoms with Crippen molar-refractivity contribution in [3.63, 3.8) is 0 Å². The van der Waals surface area contributed by atoms with Gasteiger partial charge in [-0.1, -0.05) is 19.3 Å². The van der Waals surface area contributed by atoms with Gasteiger partial charge in [0.2, 0.25) is 5.91 Å². The number of rotatable bonds is 6. The van der Waals surface area contributed by atoms with Crippen LogP contribution in [0.1, 0.15) is 53.8 Å². The van der Waals surface area contributed by atoms with Crippen LogP contribution in [0.2, 0.25) is 0 Å². The van der Waals surface area contributed by atoms with E-state index in [4.69, 9.17) is 0 Å². The summed E-state index contributed by atoms with van der Waals surface area (Å²) in [5, 5.41) is 10.3. The molecule has 2 amide bonds. The number of hydrogen-bond donors (Lipinski definition) is 2. The quantitative estimate of drug-likeness (QED) is 0.664. The van der Waals surface area contributed by atoms with Gasteiger partial charge >= 0.3 is 0 Å². The Morgan fingerprint density at radius 2 is 1.71 bits per heavy atom. The van der Waals surface area contributed by atoms with Gasteiger partial charge in [0.15, 0.2) is 0 Å². The molecule has 1 saturated carbocycles. The van der Waals surface area contributed by atoms with Gasteiger partial charge in [-0.05, 0) is 66.9 Å². The van der Waals surface area contributed by atoms with Crippen molar-refractivity contribution in [1.29, 1.82) is 0 Å². The van der Waals surface area contributed by atoms with E-state index in [1.165, 1.54) is 6.42 Å². The molecule has 0 unspecified atom stereocenters. The molecule has 0 atom stereocenters. The van der Waals surface area contributed by atoms with E-state index in [9.17, 15) is 9.59 Å². The monoisotopic (exact) mass is 446 g/mol. The minimum Gasteiger partial charge on any atom is -0.354 e. The third-order valence-electron chi connectivity index (χ3n) is 5.26. The van der Waals surface area contributed by atoms with E-state index in [1.54, 1.807) is 12.1 Å². The highest BCUT2D eigenvalue weighted by molar-refractivity contribution is 9.10. The molecule has 2 aromatic rings. The average molecular weight is 447 g/mol. The van der Waals surface area contributed by atoms with E-state index in [0.717, 1.165) is 47.2 Å². The fourth-order valence-corrected chi connectivity index (χ4v) is 3.85. The van der Waals surface area contributed by atoms with Gasteiger partial charge in [0.1, 0.15) is 0 Å². The van der Waals surface area contributed by atoms with E-state index in [-0.39, 0.29) is 17.7 Å². The molecule has 0 saturated heterocycles. The Balaban J connectivity index is 1.48. The second kappa shape index (κ2) is 9.37. The summed E-state index contributed by atoms with van der Waals surface area (Å²) in [6.45, 7) is 4.82. The van der Waals surface area contributed by atoms with Gasteiger partial charge in [-0.15, -0.1) is 0 Å². The zero-order valence-corrected chi connectivity index (χ0v) is 18.0. The maximum absolute atomic E-state index is 12.3. The van der Waals surface area contributed by atoms with Crippen molar-refractivity contribution in [1.82, 2.24) is 20.4 Å². The molecule has 7 heteroatoms. The molecule has 1 heterocycles. The van der Waals surface area contributed by atoms with Crippen LogP contribution in [0, 0.1) is 19.8 Å². The first-order valence-corrected chi connectivity index (χ1v) is 10.6. The van der Waals surface area contributed by atoms with E-state index in [0.29, 0.717) is 18.7 Å². The van der Waals surface area contributed by atoms with Crippen molar-refractivity contribution in [3.05, 3.63) is 45.7 Å². The molecule has 28 heavy (non-hydrogen) atoms. The van der Waals surface area contributed by atoms with Crippen LogP contribution in [0.15, 0.2) is 28.7 Å². The fourth-order valence-electron chi connectivity index (χ4n) is 3.60. The highest BCUT2D eigenvalue weighted by atomic mass is 79.9. The van der Waals surface area contributed by atoms with Gasteiger partial charge in [-0.3, -0.25) is 9.59 Å². The number of hydrogen-bond acceptors (Lipinski definition) is 3. The van der Waals surface area contributed by atoms with Crippen LogP contribution in [-0.2, 0) is 4.79 Å². The number of carbonyl (C=O) groups excluding carboxylic acids is 2. The Morgan fingerprint density at radius 3 is 2.32 bits per heavy atom. The second-order valence-corrected chi connectivity index (χ2v) is 8.12. The Kier molecular flexibility index (Phi) is 6.88. The summed E-state index contributed by atoms with van der Waals surface area (Å²) >= 11 is 3.53. The molecule has 1 aliphatic carbocycles. The molecule has 0 spiro atoms. The zero-order valence-electron chi connectivity index (χ0n) is 16.4. The lowest BCUT2D eigenvalue weighted by Gasteiger charge is -2.20. The van der Waals surface area contributed by atoms with Crippen LogP contribution >= 0.6 is 15.9 Å². The molecule has 0 aliphatic heterocycles. The van der Waals surface area contributed by atoms with Gasteiger partial charge in [0, 0.05) is 24.6 Å². The lowest BCUT2D eigenvalue weighted by molar-refractivity contribution is -0.125. The summed E-state index contributed by atoms with van der Waals surface area (Å²) in [4.78, 5) is 24.4. The summed E-state index contributed by atoms with van der Waals surface area (Å²) in [5.41, 5.74) is 3.43. The van der Waals surface area contributed by atoms with Crippen molar-refractivity contribution >= 4 is 27.7 Å². The lowest BCUT2D eigenvalue weighted by atomic mass is 9.89. The molecule has 1 aromatic carbocycles. The number of benzene rings is 1. The van der Waals surface area contributed by atoms with E-state index >= 15 is 0 Å². The highest BCUT2D eigenvalue weighted by Gasteiger charge is 2.20. The van der Waals surface area contributed by atoms with Crippen molar-refractivity contribution in [2.75, 3.05) is 13.1 Å². The molecule has 6 nitrogen and oxygen atoms in total. The topological polar surface area (TPSA) is 76.0 Å². The van der Waals surface area contributed by atoms with Gasteiger partial charge in [0.05, 0.1) is 21.5 Å². The molecule has 0 bridgehead atoms. The van der Waals surface area contributed by atoms with Crippen LogP contribution in [0.3, 0.4) is 0 Å². The third kappa shape index (κ3) is 4.82. The summed E-state index contributed by atoms with van der Waals surface area (Å²) in [7, 11) is 0. The van der Waals surface area contributed by atoms with Crippen LogP contribution in [0.25, 0.3) is 5.69 Å². The molecular weight excluding hydrogens is 420 g/mol. The van der Waals surface area contributed by atoms with E-state index in [1.807, 2.05) is 30.7 Å².